The number of nitro groups is 1. The Hall–Kier alpha value is -5.22. The second-order valence-corrected chi connectivity index (χ2v) is 13.2. The normalized spacial score (nSPS) is 13.5. The zero-order valence-corrected chi connectivity index (χ0v) is 27.6. The highest BCUT2D eigenvalue weighted by atomic mass is 16.6. The minimum atomic E-state index is -0.700. The van der Waals surface area contributed by atoms with E-state index < -0.39 is 28.5 Å². The molecule has 0 radical (unpaired) electrons. The number of non-ortho nitro benzene ring substituents is 1. The van der Waals surface area contributed by atoms with Gasteiger partial charge in [0.15, 0.2) is 0 Å². The topological polar surface area (TPSA) is 137 Å². The standard InChI is InChI=1S/C38H41N3O7/c1-25(42)19-31(33-11-8-18-39-33)32(36(43)48-38(2,3)4)21-28-14-17-34-29(20-28)22-35(37(44)47-24-27-9-6-5-7-10-27)40(34)23-26-12-15-30(16-13-26)41(45)46/h5-18,20,22,25,31-32,39,42H,19,21,23-24H2,1-4H3. The number of nitrogens with one attached hydrogen (secondary N) is 1. The van der Waals surface area contributed by atoms with Crippen LogP contribution in [0.25, 0.3) is 10.9 Å². The van der Waals surface area contributed by atoms with Crippen molar-refractivity contribution in [2.75, 3.05) is 0 Å². The molecule has 10 heteroatoms. The van der Waals surface area contributed by atoms with Gasteiger partial charge in [0.25, 0.3) is 5.69 Å². The van der Waals surface area contributed by atoms with Crippen LogP contribution in [0.1, 0.15) is 72.9 Å². The number of ether oxygens (including phenoxy) is 2. The molecule has 0 aliphatic carbocycles. The van der Waals surface area contributed by atoms with Crippen molar-refractivity contribution in [3.8, 4) is 0 Å². The van der Waals surface area contributed by atoms with Gasteiger partial charge in [-0.05, 0) is 87.6 Å². The number of hydrogen-bond acceptors (Lipinski definition) is 7. The molecule has 48 heavy (non-hydrogen) atoms. The summed E-state index contributed by atoms with van der Waals surface area (Å²) in [6.07, 6.45) is 1.84. The van der Waals surface area contributed by atoms with Crippen LogP contribution in [0.2, 0.25) is 0 Å². The van der Waals surface area contributed by atoms with E-state index in [-0.39, 0.29) is 30.7 Å². The zero-order chi connectivity index (χ0) is 34.4. The smallest absolute Gasteiger partial charge is 0.355 e. The number of fused-ring (bicyclic) bond motifs is 1. The lowest BCUT2D eigenvalue weighted by Crippen LogP contribution is -2.34. The van der Waals surface area contributed by atoms with E-state index in [1.54, 1.807) is 31.3 Å². The van der Waals surface area contributed by atoms with Crippen LogP contribution in [0.4, 0.5) is 5.69 Å². The van der Waals surface area contributed by atoms with Crippen molar-refractivity contribution in [1.29, 1.82) is 0 Å². The molecule has 0 amide bonds. The van der Waals surface area contributed by atoms with Crippen molar-refractivity contribution in [2.45, 2.75) is 71.3 Å². The molecule has 0 spiro atoms. The molecule has 0 bridgehead atoms. The van der Waals surface area contributed by atoms with Gasteiger partial charge in [-0.15, -0.1) is 0 Å². The number of aliphatic hydroxyl groups excluding tert-OH is 1. The fourth-order valence-electron chi connectivity index (χ4n) is 5.96. The first-order valence-electron chi connectivity index (χ1n) is 16.0. The third-order valence-electron chi connectivity index (χ3n) is 8.14. The Morgan fingerprint density at radius 1 is 0.938 bits per heavy atom. The molecular formula is C38H41N3O7. The molecule has 0 aliphatic rings. The lowest BCUT2D eigenvalue weighted by atomic mass is 9.81. The Kier molecular flexibility index (Phi) is 10.4. The Labute approximate surface area is 279 Å². The fourth-order valence-corrected chi connectivity index (χ4v) is 5.96. The average molecular weight is 652 g/mol. The summed E-state index contributed by atoms with van der Waals surface area (Å²) in [5.41, 5.74) is 3.71. The largest absolute Gasteiger partial charge is 0.460 e. The Morgan fingerprint density at radius 2 is 1.65 bits per heavy atom. The predicted octanol–water partition coefficient (Wildman–Crippen LogP) is 7.34. The fraction of sp³-hybridized carbons (Fsp3) is 0.316. The van der Waals surface area contributed by atoms with Gasteiger partial charge in [-0.1, -0.05) is 48.5 Å². The van der Waals surface area contributed by atoms with E-state index in [1.165, 1.54) is 12.1 Å². The highest BCUT2D eigenvalue weighted by molar-refractivity contribution is 5.96. The minimum Gasteiger partial charge on any atom is -0.460 e. The Morgan fingerprint density at radius 3 is 2.27 bits per heavy atom. The highest BCUT2D eigenvalue weighted by Crippen LogP contribution is 2.34. The number of rotatable bonds is 13. The number of nitrogens with zero attached hydrogens (tertiary/aromatic N) is 2. The Bertz CT molecular complexity index is 1850. The number of aromatic amines is 1. The summed E-state index contributed by atoms with van der Waals surface area (Å²) >= 11 is 0. The van der Waals surface area contributed by atoms with E-state index in [4.69, 9.17) is 9.47 Å². The first kappa shape index (κ1) is 34.1. The molecule has 0 fully saturated rings. The van der Waals surface area contributed by atoms with Crippen LogP contribution in [0.5, 0.6) is 0 Å². The second-order valence-electron chi connectivity index (χ2n) is 13.2. The number of esters is 2. The number of carbonyl (C=O) groups is 2. The van der Waals surface area contributed by atoms with E-state index in [2.05, 4.69) is 4.98 Å². The van der Waals surface area contributed by atoms with Gasteiger partial charge in [-0.3, -0.25) is 14.9 Å². The van der Waals surface area contributed by atoms with Crippen molar-refractivity contribution in [2.24, 2.45) is 5.92 Å². The van der Waals surface area contributed by atoms with Gasteiger partial charge >= 0.3 is 11.9 Å². The zero-order valence-electron chi connectivity index (χ0n) is 27.6. The van der Waals surface area contributed by atoms with E-state index >= 15 is 0 Å². The molecule has 5 aromatic rings. The van der Waals surface area contributed by atoms with Crippen molar-refractivity contribution in [3.05, 3.63) is 135 Å². The van der Waals surface area contributed by atoms with Gasteiger partial charge < -0.3 is 24.1 Å². The molecular weight excluding hydrogens is 610 g/mol. The van der Waals surface area contributed by atoms with E-state index in [0.29, 0.717) is 18.5 Å². The molecule has 2 aromatic heterocycles. The molecule has 3 aromatic carbocycles. The van der Waals surface area contributed by atoms with Crippen LogP contribution in [-0.4, -0.2) is 43.2 Å². The van der Waals surface area contributed by atoms with E-state index in [0.717, 1.165) is 33.3 Å². The highest BCUT2D eigenvalue weighted by Gasteiger charge is 2.35. The number of carbonyl (C=O) groups excluding carboxylic acids is 2. The third-order valence-corrected chi connectivity index (χ3v) is 8.14. The second kappa shape index (κ2) is 14.7. The van der Waals surface area contributed by atoms with Gasteiger partial charge in [-0.25, -0.2) is 4.79 Å². The molecule has 0 saturated heterocycles. The van der Waals surface area contributed by atoms with Crippen molar-refractivity contribution >= 4 is 28.5 Å². The van der Waals surface area contributed by atoms with Crippen molar-refractivity contribution in [1.82, 2.24) is 9.55 Å². The van der Waals surface area contributed by atoms with Gasteiger partial charge in [0.2, 0.25) is 0 Å². The number of benzene rings is 3. The van der Waals surface area contributed by atoms with Crippen LogP contribution < -0.4 is 0 Å². The molecule has 5 rings (SSSR count). The van der Waals surface area contributed by atoms with Gasteiger partial charge in [0, 0.05) is 47.4 Å². The Balaban J connectivity index is 1.51. The maximum absolute atomic E-state index is 13.7. The van der Waals surface area contributed by atoms with E-state index in [9.17, 15) is 24.8 Å². The molecule has 250 valence electrons. The number of H-pyrrole nitrogens is 1. The number of aromatic nitrogens is 2. The van der Waals surface area contributed by atoms with Crippen LogP contribution in [0, 0.1) is 16.0 Å². The van der Waals surface area contributed by atoms with Crippen LogP contribution in [0.15, 0.2) is 97.2 Å². The lowest BCUT2D eigenvalue weighted by molar-refractivity contribution is -0.384. The molecule has 10 nitrogen and oxygen atoms in total. The summed E-state index contributed by atoms with van der Waals surface area (Å²) in [7, 11) is 0. The van der Waals surface area contributed by atoms with Gasteiger partial charge in [0.1, 0.15) is 17.9 Å². The SMILES string of the molecule is CC(O)CC(c1ccc[nH]1)C(Cc1ccc2c(c1)cc(C(=O)OCc1ccccc1)n2Cc1ccc([N+](=O)[O-])cc1)C(=O)OC(C)(C)C. The van der Waals surface area contributed by atoms with Crippen molar-refractivity contribution in [3.63, 3.8) is 0 Å². The third kappa shape index (κ3) is 8.57. The lowest BCUT2D eigenvalue weighted by Gasteiger charge is -2.30. The molecule has 0 saturated carbocycles. The summed E-state index contributed by atoms with van der Waals surface area (Å²) in [4.78, 5) is 41.2. The number of hydrogen-bond donors (Lipinski definition) is 2. The van der Waals surface area contributed by atoms with Crippen LogP contribution in [-0.2, 0) is 33.8 Å². The van der Waals surface area contributed by atoms with Gasteiger partial charge in [-0.2, -0.15) is 0 Å². The maximum Gasteiger partial charge on any atom is 0.355 e. The number of nitro benzene ring substituents is 1. The van der Waals surface area contributed by atoms with Crippen LogP contribution in [0.3, 0.4) is 0 Å². The molecule has 2 N–H and O–H groups in total. The molecule has 0 aliphatic heterocycles. The summed E-state index contributed by atoms with van der Waals surface area (Å²) in [5.74, 6) is -1.80. The van der Waals surface area contributed by atoms with Crippen LogP contribution >= 0.6 is 0 Å². The maximum atomic E-state index is 13.7. The van der Waals surface area contributed by atoms with Crippen molar-refractivity contribution < 1.29 is 29.1 Å². The van der Waals surface area contributed by atoms with E-state index in [1.807, 2.05) is 86.0 Å². The summed E-state index contributed by atoms with van der Waals surface area (Å²) < 4.78 is 13.4. The molecule has 3 unspecified atom stereocenters. The number of aliphatic hydroxyl groups is 1. The molecule has 3 atom stereocenters. The average Bonchev–Trinajstić information content (AvgIpc) is 3.70. The minimum absolute atomic E-state index is 0.0176. The van der Waals surface area contributed by atoms with Gasteiger partial charge in [0.05, 0.1) is 16.9 Å². The summed E-state index contributed by atoms with van der Waals surface area (Å²) in [5, 5.41) is 22.4. The first-order chi connectivity index (χ1) is 22.9. The summed E-state index contributed by atoms with van der Waals surface area (Å²) in [6, 6.07) is 27.0. The first-order valence-corrected chi connectivity index (χ1v) is 16.0. The monoisotopic (exact) mass is 651 g/mol. The summed E-state index contributed by atoms with van der Waals surface area (Å²) in [6.45, 7) is 7.58. The molecule has 2 heterocycles. The quantitative estimate of drug-likeness (QED) is 0.0772. The predicted molar refractivity (Wildman–Crippen MR) is 183 cm³/mol.